The summed E-state index contributed by atoms with van der Waals surface area (Å²) in [5, 5.41) is -0.0690. The minimum absolute atomic E-state index is 0.0690. The number of benzene rings is 2. The summed E-state index contributed by atoms with van der Waals surface area (Å²) >= 11 is 6.59. The van der Waals surface area contributed by atoms with Crippen LogP contribution in [0.5, 0.6) is 0 Å². The molecule has 0 amide bonds. The second-order valence-corrected chi connectivity index (χ2v) is 5.96. The third-order valence-electron chi connectivity index (χ3n) is 3.72. The Kier molecular flexibility index (Phi) is 4.31. The fraction of sp³-hybridized carbons (Fsp3) is 0.333. The van der Waals surface area contributed by atoms with E-state index in [4.69, 9.17) is 11.6 Å². The van der Waals surface area contributed by atoms with Gasteiger partial charge in [0, 0.05) is 0 Å². The van der Waals surface area contributed by atoms with Gasteiger partial charge in [-0.3, -0.25) is 0 Å². The highest BCUT2D eigenvalue weighted by Gasteiger charge is 2.11. The third-order valence-corrected chi connectivity index (χ3v) is 4.22. The number of rotatable bonds is 3. The van der Waals surface area contributed by atoms with Crippen molar-refractivity contribution in [3.8, 4) is 0 Å². The molecule has 0 nitrogen and oxygen atoms in total. The van der Waals surface area contributed by atoms with Crippen LogP contribution in [0.25, 0.3) is 0 Å². The minimum atomic E-state index is -0.0690. The zero-order valence-corrected chi connectivity index (χ0v) is 12.8. The quantitative estimate of drug-likeness (QED) is 0.624. The Hall–Kier alpha value is -1.27. The Balaban J connectivity index is 2.27. The van der Waals surface area contributed by atoms with Crippen LogP contribution in [0.4, 0.5) is 0 Å². The highest BCUT2D eigenvalue weighted by molar-refractivity contribution is 6.22. The molecule has 0 saturated heterocycles. The molecule has 1 atom stereocenters. The van der Waals surface area contributed by atoms with E-state index in [-0.39, 0.29) is 5.38 Å². The van der Waals surface area contributed by atoms with Crippen LogP contribution >= 0.6 is 11.6 Å². The van der Waals surface area contributed by atoms with Crippen LogP contribution in [0.15, 0.2) is 42.5 Å². The number of halogens is 1. The van der Waals surface area contributed by atoms with Gasteiger partial charge in [0.15, 0.2) is 0 Å². The molecule has 0 aliphatic rings. The molecule has 0 aliphatic heterocycles. The number of alkyl halides is 1. The highest BCUT2D eigenvalue weighted by Crippen LogP contribution is 2.30. The van der Waals surface area contributed by atoms with E-state index in [1.807, 2.05) is 0 Å². The molecule has 100 valence electrons. The van der Waals surface area contributed by atoms with Crippen LogP contribution in [0.2, 0.25) is 0 Å². The Morgan fingerprint density at radius 2 is 1.26 bits per heavy atom. The first-order valence-electron chi connectivity index (χ1n) is 6.80. The van der Waals surface area contributed by atoms with Gasteiger partial charge in [0.1, 0.15) is 0 Å². The molecule has 2 aromatic carbocycles. The maximum atomic E-state index is 6.59. The van der Waals surface area contributed by atoms with Crippen molar-refractivity contribution >= 4 is 11.6 Å². The highest BCUT2D eigenvalue weighted by atomic mass is 35.5. The van der Waals surface area contributed by atoms with Crippen LogP contribution in [-0.4, -0.2) is 0 Å². The zero-order chi connectivity index (χ0) is 14.0. The van der Waals surface area contributed by atoms with Crippen LogP contribution in [-0.2, 0) is 0 Å². The summed E-state index contributed by atoms with van der Waals surface area (Å²) in [6.07, 6.45) is 0. The van der Waals surface area contributed by atoms with Crippen molar-refractivity contribution in [2.75, 3.05) is 0 Å². The van der Waals surface area contributed by atoms with E-state index in [0.29, 0.717) is 5.92 Å². The fourth-order valence-corrected chi connectivity index (χ4v) is 2.45. The van der Waals surface area contributed by atoms with Crippen LogP contribution in [0, 0.1) is 13.8 Å². The summed E-state index contributed by atoms with van der Waals surface area (Å²) in [4.78, 5) is 0. The molecule has 0 aliphatic carbocycles. The molecule has 0 radical (unpaired) electrons. The summed E-state index contributed by atoms with van der Waals surface area (Å²) in [5.74, 6) is 0.560. The lowest BCUT2D eigenvalue weighted by Gasteiger charge is -2.13. The van der Waals surface area contributed by atoms with Gasteiger partial charge in [-0.15, -0.1) is 11.6 Å². The van der Waals surface area contributed by atoms with E-state index in [1.165, 1.54) is 22.3 Å². The van der Waals surface area contributed by atoms with Gasteiger partial charge in [0.05, 0.1) is 5.38 Å². The topological polar surface area (TPSA) is 0 Å². The molecule has 0 fully saturated rings. The van der Waals surface area contributed by atoms with Crippen molar-refractivity contribution in [1.82, 2.24) is 0 Å². The van der Waals surface area contributed by atoms with Gasteiger partial charge in [0.25, 0.3) is 0 Å². The molecular weight excluding hydrogens is 252 g/mol. The summed E-state index contributed by atoms with van der Waals surface area (Å²) < 4.78 is 0. The Labute approximate surface area is 121 Å². The lowest BCUT2D eigenvalue weighted by atomic mass is 9.97. The van der Waals surface area contributed by atoms with E-state index in [2.05, 4.69) is 70.2 Å². The van der Waals surface area contributed by atoms with Crippen molar-refractivity contribution in [3.63, 3.8) is 0 Å². The fourth-order valence-electron chi connectivity index (χ4n) is 2.16. The first-order chi connectivity index (χ1) is 8.99. The molecule has 1 heteroatoms. The number of hydrogen-bond acceptors (Lipinski definition) is 0. The number of hydrogen-bond donors (Lipinski definition) is 0. The third kappa shape index (κ3) is 3.19. The summed E-state index contributed by atoms with van der Waals surface area (Å²) in [7, 11) is 0. The second-order valence-electron chi connectivity index (χ2n) is 5.53. The normalized spacial score (nSPS) is 12.7. The molecule has 2 rings (SSSR count). The van der Waals surface area contributed by atoms with Crippen molar-refractivity contribution in [2.24, 2.45) is 0 Å². The molecule has 0 N–H and O–H groups in total. The smallest absolute Gasteiger partial charge is 0.0835 e. The first kappa shape index (κ1) is 14.1. The zero-order valence-electron chi connectivity index (χ0n) is 12.1. The van der Waals surface area contributed by atoms with Crippen LogP contribution < -0.4 is 0 Å². The monoisotopic (exact) mass is 272 g/mol. The van der Waals surface area contributed by atoms with Crippen LogP contribution in [0.3, 0.4) is 0 Å². The maximum absolute atomic E-state index is 6.59. The van der Waals surface area contributed by atoms with E-state index >= 15 is 0 Å². The Morgan fingerprint density at radius 3 is 1.79 bits per heavy atom. The van der Waals surface area contributed by atoms with Crippen molar-refractivity contribution in [2.45, 2.75) is 39.0 Å². The van der Waals surface area contributed by atoms with E-state index in [9.17, 15) is 0 Å². The molecule has 0 spiro atoms. The molecular formula is C18H21Cl. The maximum Gasteiger partial charge on any atom is 0.0835 e. The molecule has 2 aromatic rings. The molecule has 0 bridgehead atoms. The van der Waals surface area contributed by atoms with E-state index < -0.39 is 0 Å². The second kappa shape index (κ2) is 5.79. The van der Waals surface area contributed by atoms with E-state index in [1.54, 1.807) is 0 Å². The number of aryl methyl sites for hydroxylation is 2. The Bertz CT molecular complexity index is 552. The average Bonchev–Trinajstić information content (AvgIpc) is 2.41. The van der Waals surface area contributed by atoms with Crippen molar-refractivity contribution in [1.29, 1.82) is 0 Å². The summed E-state index contributed by atoms with van der Waals surface area (Å²) in [5.41, 5.74) is 6.29. The van der Waals surface area contributed by atoms with Crippen LogP contribution in [0.1, 0.15) is 53.0 Å². The van der Waals surface area contributed by atoms with Gasteiger partial charge in [-0.05, 0) is 47.6 Å². The van der Waals surface area contributed by atoms with Gasteiger partial charge >= 0.3 is 0 Å². The van der Waals surface area contributed by atoms with Gasteiger partial charge in [0.2, 0.25) is 0 Å². The van der Waals surface area contributed by atoms with Gasteiger partial charge in [-0.1, -0.05) is 56.3 Å². The molecule has 0 saturated carbocycles. The van der Waals surface area contributed by atoms with Gasteiger partial charge in [-0.2, -0.15) is 0 Å². The first-order valence-corrected chi connectivity index (χ1v) is 7.23. The largest absolute Gasteiger partial charge is 0.113 e. The van der Waals surface area contributed by atoms with Crippen molar-refractivity contribution < 1.29 is 0 Å². The lowest BCUT2D eigenvalue weighted by molar-refractivity contribution is 0.865. The standard InChI is InChI=1S/C18H21Cl/c1-12(2)15-7-9-16(10-8-15)18(19)17-6-5-13(3)14(4)11-17/h5-12,18H,1-4H3. The summed E-state index contributed by atoms with van der Waals surface area (Å²) in [6.45, 7) is 8.66. The Morgan fingerprint density at radius 1 is 0.737 bits per heavy atom. The predicted octanol–water partition coefficient (Wildman–Crippen LogP) is 5.76. The summed E-state index contributed by atoms with van der Waals surface area (Å²) in [6, 6.07) is 15.1. The SMILES string of the molecule is Cc1ccc(C(Cl)c2ccc(C(C)C)cc2)cc1C. The molecule has 1 unspecified atom stereocenters. The molecule has 19 heavy (non-hydrogen) atoms. The van der Waals surface area contributed by atoms with Gasteiger partial charge in [-0.25, -0.2) is 0 Å². The molecule has 0 aromatic heterocycles. The van der Waals surface area contributed by atoms with Crippen molar-refractivity contribution in [3.05, 3.63) is 70.3 Å². The minimum Gasteiger partial charge on any atom is -0.113 e. The molecule has 0 heterocycles. The predicted molar refractivity (Wildman–Crippen MR) is 84.1 cm³/mol. The van der Waals surface area contributed by atoms with Gasteiger partial charge < -0.3 is 0 Å². The average molecular weight is 273 g/mol. The lowest BCUT2D eigenvalue weighted by Crippen LogP contribution is -1.96. The van der Waals surface area contributed by atoms with E-state index in [0.717, 1.165) is 5.56 Å².